The average Bonchev–Trinajstić information content (AvgIpc) is 2.95. The van der Waals surface area contributed by atoms with Gasteiger partial charge < -0.3 is 5.11 Å². The van der Waals surface area contributed by atoms with E-state index in [0.717, 1.165) is 25.1 Å². The van der Waals surface area contributed by atoms with Crippen molar-refractivity contribution in [3.8, 4) is 0 Å². The molecule has 3 unspecified atom stereocenters. The van der Waals surface area contributed by atoms with Gasteiger partial charge >= 0.3 is 5.97 Å². The van der Waals surface area contributed by atoms with Crippen molar-refractivity contribution in [1.82, 2.24) is 20.2 Å². The Kier molecular flexibility index (Phi) is 4.50. The first-order valence-electron chi connectivity index (χ1n) is 7.13. The van der Waals surface area contributed by atoms with Crippen molar-refractivity contribution in [1.29, 1.82) is 0 Å². The number of hydrogen-bond acceptors (Lipinski definition) is 4. The van der Waals surface area contributed by atoms with Crippen molar-refractivity contribution in [2.45, 2.75) is 64.3 Å². The molecular weight excluding hydrogens is 244 g/mol. The molecule has 6 nitrogen and oxygen atoms in total. The largest absolute Gasteiger partial charge is 0.481 e. The molecule has 1 fully saturated rings. The van der Waals surface area contributed by atoms with Crippen LogP contribution in [0.25, 0.3) is 0 Å². The van der Waals surface area contributed by atoms with E-state index in [9.17, 15) is 4.79 Å². The van der Waals surface area contributed by atoms with E-state index in [-0.39, 0.29) is 12.5 Å². The first-order chi connectivity index (χ1) is 9.13. The Morgan fingerprint density at radius 1 is 1.53 bits per heavy atom. The number of nitrogens with zero attached hydrogens (tertiary/aromatic N) is 4. The van der Waals surface area contributed by atoms with Crippen molar-refractivity contribution in [3.63, 3.8) is 0 Å². The zero-order valence-electron chi connectivity index (χ0n) is 11.6. The lowest BCUT2D eigenvalue weighted by atomic mass is 9.96. The SMILES string of the molecule is CCCC(CC(=O)O)n1nnnc1C1CCCC1C. The lowest BCUT2D eigenvalue weighted by molar-refractivity contribution is -0.138. The normalized spacial score (nSPS) is 24.5. The van der Waals surface area contributed by atoms with Gasteiger partial charge in [0.15, 0.2) is 5.82 Å². The van der Waals surface area contributed by atoms with E-state index >= 15 is 0 Å². The summed E-state index contributed by atoms with van der Waals surface area (Å²) in [5.41, 5.74) is 0. The number of hydrogen-bond donors (Lipinski definition) is 1. The Balaban J connectivity index is 2.22. The summed E-state index contributed by atoms with van der Waals surface area (Å²) in [5, 5.41) is 21.0. The highest BCUT2D eigenvalue weighted by Crippen LogP contribution is 2.39. The van der Waals surface area contributed by atoms with Gasteiger partial charge in [0.25, 0.3) is 0 Å². The Bertz CT molecular complexity index is 432. The number of aromatic nitrogens is 4. The number of carboxylic acid groups (broad SMARTS) is 1. The zero-order valence-corrected chi connectivity index (χ0v) is 11.6. The summed E-state index contributed by atoms with van der Waals surface area (Å²) < 4.78 is 1.77. The maximum Gasteiger partial charge on any atom is 0.305 e. The van der Waals surface area contributed by atoms with Crippen LogP contribution in [0.15, 0.2) is 0 Å². The molecule has 0 aromatic carbocycles. The van der Waals surface area contributed by atoms with Crippen LogP contribution in [0.1, 0.15) is 70.2 Å². The monoisotopic (exact) mass is 266 g/mol. The van der Waals surface area contributed by atoms with Gasteiger partial charge in [-0.15, -0.1) is 5.10 Å². The number of rotatable bonds is 6. The summed E-state index contributed by atoms with van der Waals surface area (Å²) in [7, 11) is 0. The molecule has 0 bridgehead atoms. The van der Waals surface area contributed by atoms with Crippen LogP contribution in [-0.4, -0.2) is 31.3 Å². The van der Waals surface area contributed by atoms with Gasteiger partial charge in [-0.1, -0.05) is 26.7 Å². The van der Waals surface area contributed by atoms with E-state index in [2.05, 4.69) is 29.4 Å². The lowest BCUT2D eigenvalue weighted by Gasteiger charge is -2.20. The summed E-state index contributed by atoms with van der Waals surface area (Å²) in [6, 6.07) is -0.125. The second-order valence-electron chi connectivity index (χ2n) is 5.54. The molecule has 1 saturated carbocycles. The molecule has 1 aliphatic carbocycles. The van der Waals surface area contributed by atoms with Crippen molar-refractivity contribution in [2.75, 3.05) is 0 Å². The van der Waals surface area contributed by atoms with Crippen LogP contribution in [0, 0.1) is 5.92 Å². The molecule has 3 atom stereocenters. The van der Waals surface area contributed by atoms with Gasteiger partial charge in [0.05, 0.1) is 12.5 Å². The smallest absolute Gasteiger partial charge is 0.305 e. The van der Waals surface area contributed by atoms with Gasteiger partial charge in [-0.3, -0.25) is 4.79 Å². The molecule has 1 aromatic rings. The van der Waals surface area contributed by atoms with E-state index in [1.807, 2.05) is 0 Å². The molecule has 1 heterocycles. The van der Waals surface area contributed by atoms with Crippen LogP contribution in [-0.2, 0) is 4.79 Å². The molecule has 1 N–H and O–H groups in total. The minimum atomic E-state index is -0.792. The van der Waals surface area contributed by atoms with Crippen molar-refractivity contribution in [3.05, 3.63) is 5.82 Å². The summed E-state index contributed by atoms with van der Waals surface area (Å²) in [6.45, 7) is 4.28. The predicted octanol–water partition coefficient (Wildman–Crippen LogP) is 2.39. The summed E-state index contributed by atoms with van der Waals surface area (Å²) in [5.74, 6) is 1.05. The fourth-order valence-electron chi connectivity index (χ4n) is 3.08. The zero-order chi connectivity index (χ0) is 13.8. The maximum absolute atomic E-state index is 11.0. The van der Waals surface area contributed by atoms with Gasteiger partial charge in [0, 0.05) is 5.92 Å². The molecule has 1 aromatic heterocycles. The fraction of sp³-hybridized carbons (Fsp3) is 0.846. The highest BCUT2D eigenvalue weighted by atomic mass is 16.4. The minimum absolute atomic E-state index is 0.0903. The number of tetrazole rings is 1. The molecular formula is C13H22N4O2. The lowest BCUT2D eigenvalue weighted by Crippen LogP contribution is -2.20. The molecule has 0 radical (unpaired) electrons. The topological polar surface area (TPSA) is 80.9 Å². The van der Waals surface area contributed by atoms with Crippen LogP contribution in [0.4, 0.5) is 0 Å². The van der Waals surface area contributed by atoms with Gasteiger partial charge in [0.1, 0.15) is 0 Å². The van der Waals surface area contributed by atoms with Crippen LogP contribution < -0.4 is 0 Å². The van der Waals surface area contributed by atoms with Gasteiger partial charge in [0.2, 0.25) is 0 Å². The first-order valence-corrected chi connectivity index (χ1v) is 7.13. The van der Waals surface area contributed by atoms with Crippen molar-refractivity contribution in [2.24, 2.45) is 5.92 Å². The van der Waals surface area contributed by atoms with E-state index in [1.165, 1.54) is 12.8 Å². The fourth-order valence-corrected chi connectivity index (χ4v) is 3.08. The van der Waals surface area contributed by atoms with Crippen molar-refractivity contribution >= 4 is 5.97 Å². The van der Waals surface area contributed by atoms with E-state index in [1.54, 1.807) is 4.68 Å². The summed E-state index contributed by atoms with van der Waals surface area (Å²) in [4.78, 5) is 11.0. The second kappa shape index (κ2) is 6.12. The van der Waals surface area contributed by atoms with E-state index in [4.69, 9.17) is 5.11 Å². The molecule has 0 aliphatic heterocycles. The number of carbonyl (C=O) groups is 1. The van der Waals surface area contributed by atoms with E-state index in [0.29, 0.717) is 11.8 Å². The highest BCUT2D eigenvalue weighted by molar-refractivity contribution is 5.67. The average molecular weight is 266 g/mol. The van der Waals surface area contributed by atoms with Crippen LogP contribution in [0.5, 0.6) is 0 Å². The highest BCUT2D eigenvalue weighted by Gasteiger charge is 2.31. The summed E-state index contributed by atoms with van der Waals surface area (Å²) >= 11 is 0. The van der Waals surface area contributed by atoms with Gasteiger partial charge in [-0.05, 0) is 35.6 Å². The maximum atomic E-state index is 11.0. The molecule has 19 heavy (non-hydrogen) atoms. The van der Waals surface area contributed by atoms with E-state index < -0.39 is 5.97 Å². The first kappa shape index (κ1) is 14.0. The van der Waals surface area contributed by atoms with Crippen LogP contribution >= 0.6 is 0 Å². The van der Waals surface area contributed by atoms with Gasteiger partial charge in [-0.2, -0.15) is 0 Å². The number of aliphatic carboxylic acids is 1. The molecule has 106 valence electrons. The molecule has 0 saturated heterocycles. The Morgan fingerprint density at radius 2 is 2.32 bits per heavy atom. The molecule has 0 spiro atoms. The van der Waals surface area contributed by atoms with Crippen LogP contribution in [0.3, 0.4) is 0 Å². The predicted molar refractivity (Wildman–Crippen MR) is 69.8 cm³/mol. The quantitative estimate of drug-likeness (QED) is 0.855. The number of carboxylic acids is 1. The third-order valence-electron chi connectivity index (χ3n) is 4.09. The van der Waals surface area contributed by atoms with Gasteiger partial charge in [-0.25, -0.2) is 4.68 Å². The Morgan fingerprint density at radius 3 is 2.89 bits per heavy atom. The third-order valence-corrected chi connectivity index (χ3v) is 4.09. The molecule has 2 rings (SSSR count). The second-order valence-corrected chi connectivity index (χ2v) is 5.54. The van der Waals surface area contributed by atoms with Crippen molar-refractivity contribution < 1.29 is 9.90 Å². The standard InChI is InChI=1S/C13H22N4O2/c1-3-5-10(8-12(18)19)17-13(14-15-16-17)11-7-4-6-9(11)2/h9-11H,3-8H2,1-2H3,(H,18,19). The van der Waals surface area contributed by atoms with Crippen LogP contribution in [0.2, 0.25) is 0 Å². The third kappa shape index (κ3) is 3.11. The molecule has 1 aliphatic rings. The molecule has 0 amide bonds. The molecule has 6 heteroatoms. The Hall–Kier alpha value is -1.46. The Labute approximate surface area is 113 Å². The minimum Gasteiger partial charge on any atom is -0.481 e. The summed E-state index contributed by atoms with van der Waals surface area (Å²) in [6.07, 6.45) is 5.33.